The molecule has 1 heterocycles. The number of nitrogens with zero attached hydrogens (tertiary/aromatic N) is 3. The summed E-state index contributed by atoms with van der Waals surface area (Å²) >= 11 is 0. The number of urea groups is 1. The number of rotatable bonds is 5. The zero-order valence-electron chi connectivity index (χ0n) is 19.9. The molecular weight excluding hydrogens is 507 g/mol. The Balaban J connectivity index is 1.98. The number of amides is 3. The van der Waals surface area contributed by atoms with E-state index < -0.39 is 67.0 Å². The van der Waals surface area contributed by atoms with Crippen molar-refractivity contribution in [3.8, 4) is 6.07 Å². The molecule has 1 aliphatic heterocycles. The number of imide groups is 1. The van der Waals surface area contributed by atoms with Gasteiger partial charge in [-0.05, 0) is 38.5 Å². The molecule has 0 saturated carbocycles. The molecule has 190 valence electrons. The van der Waals surface area contributed by atoms with Crippen LogP contribution in [0.2, 0.25) is 0 Å². The molecule has 7 nitrogen and oxygen atoms in total. The fourth-order valence-electron chi connectivity index (χ4n) is 4.32. The Labute approximate surface area is 211 Å². The second-order valence-corrected chi connectivity index (χ2v) is 10.9. The van der Waals surface area contributed by atoms with E-state index in [1.165, 1.54) is 68.4 Å². The van der Waals surface area contributed by atoms with Crippen LogP contribution in [0.15, 0.2) is 65.6 Å². The van der Waals surface area contributed by atoms with Gasteiger partial charge in [-0.15, -0.1) is 0 Å². The third-order valence-electron chi connectivity index (χ3n) is 6.28. The van der Waals surface area contributed by atoms with Crippen LogP contribution in [0, 0.1) is 35.7 Å². The van der Waals surface area contributed by atoms with Crippen LogP contribution in [0.1, 0.15) is 35.9 Å². The molecule has 1 aliphatic rings. The van der Waals surface area contributed by atoms with Crippen molar-refractivity contribution in [1.29, 1.82) is 5.26 Å². The van der Waals surface area contributed by atoms with Gasteiger partial charge in [0.15, 0.2) is 22.8 Å². The highest BCUT2D eigenvalue weighted by Gasteiger charge is 2.58. The fraction of sp³-hybridized carbons (Fsp3) is 0.192. The predicted molar refractivity (Wildman–Crippen MR) is 127 cm³/mol. The second-order valence-electron chi connectivity index (χ2n) is 8.88. The van der Waals surface area contributed by atoms with E-state index in [-0.39, 0.29) is 15.4 Å². The van der Waals surface area contributed by atoms with Gasteiger partial charge in [0.2, 0.25) is 9.84 Å². The largest absolute Gasteiger partial charge is 0.333 e. The molecule has 0 radical (unpaired) electrons. The van der Waals surface area contributed by atoms with Gasteiger partial charge in [-0.1, -0.05) is 48.5 Å². The average Bonchev–Trinajstić information content (AvgIpc) is 3.04. The van der Waals surface area contributed by atoms with Crippen LogP contribution < -0.4 is 4.90 Å². The highest BCUT2D eigenvalue weighted by Crippen LogP contribution is 2.44. The minimum atomic E-state index is -4.40. The Bertz CT molecular complexity index is 1540. The van der Waals surface area contributed by atoms with Gasteiger partial charge in [0.05, 0.1) is 10.5 Å². The molecule has 1 fully saturated rings. The molecule has 11 heteroatoms. The minimum absolute atomic E-state index is 0.0956. The van der Waals surface area contributed by atoms with E-state index in [1.54, 1.807) is 12.1 Å². The zero-order chi connectivity index (χ0) is 27.3. The number of carbonyl (C=O) groups is 2. The summed E-state index contributed by atoms with van der Waals surface area (Å²) in [6, 6.07) is 14.8. The normalized spacial score (nSPS) is 16.1. The van der Waals surface area contributed by atoms with Crippen molar-refractivity contribution in [1.82, 2.24) is 4.90 Å². The summed E-state index contributed by atoms with van der Waals surface area (Å²) in [6.07, 6.45) is 0. The molecule has 1 saturated heterocycles. The smallest absolute Gasteiger partial charge is 0.288 e. The number of carbonyl (C=O) groups excluding carboxylic acids is 2. The Morgan fingerprint density at radius 1 is 0.892 bits per heavy atom. The van der Waals surface area contributed by atoms with E-state index in [1.807, 2.05) is 0 Å². The van der Waals surface area contributed by atoms with E-state index in [2.05, 4.69) is 0 Å². The molecule has 1 atom stereocenters. The summed E-state index contributed by atoms with van der Waals surface area (Å²) in [6.45, 7) is 3.46. The van der Waals surface area contributed by atoms with Crippen molar-refractivity contribution >= 4 is 27.5 Å². The molecule has 3 amide bonds. The third-order valence-corrected chi connectivity index (χ3v) is 8.28. The molecule has 0 spiro atoms. The van der Waals surface area contributed by atoms with Gasteiger partial charge < -0.3 is 0 Å². The molecule has 0 aromatic heterocycles. The Hall–Kier alpha value is -4.17. The summed E-state index contributed by atoms with van der Waals surface area (Å²) in [7, 11) is -4.40. The van der Waals surface area contributed by atoms with E-state index in [9.17, 15) is 22.4 Å². The lowest BCUT2D eigenvalue weighted by Gasteiger charge is -2.35. The van der Waals surface area contributed by atoms with Gasteiger partial charge in [0, 0.05) is 5.56 Å². The summed E-state index contributed by atoms with van der Waals surface area (Å²) in [4.78, 5) is 27.9. The van der Waals surface area contributed by atoms with Crippen molar-refractivity contribution in [3.63, 3.8) is 0 Å². The van der Waals surface area contributed by atoms with Gasteiger partial charge in [0.1, 0.15) is 17.3 Å². The fourth-order valence-corrected chi connectivity index (χ4v) is 6.26. The number of nitriles is 1. The predicted octanol–water partition coefficient (Wildman–Crippen LogP) is 5.00. The van der Waals surface area contributed by atoms with E-state index in [4.69, 9.17) is 5.26 Å². The quantitative estimate of drug-likeness (QED) is 0.343. The van der Waals surface area contributed by atoms with Crippen molar-refractivity contribution in [3.05, 3.63) is 94.8 Å². The number of halogens is 3. The maximum absolute atomic E-state index is 15.2. The van der Waals surface area contributed by atoms with Crippen LogP contribution >= 0.6 is 0 Å². The monoisotopic (exact) mass is 527 g/mol. The molecular formula is C26H20F3N3O4S. The van der Waals surface area contributed by atoms with Crippen LogP contribution in [0.4, 0.5) is 23.7 Å². The first-order valence-corrected chi connectivity index (χ1v) is 12.5. The lowest BCUT2D eigenvalue weighted by molar-refractivity contribution is -0.123. The lowest BCUT2D eigenvalue weighted by atomic mass is 10.0. The Morgan fingerprint density at radius 3 is 1.97 bits per heavy atom. The maximum Gasteiger partial charge on any atom is 0.333 e. The molecule has 37 heavy (non-hydrogen) atoms. The average molecular weight is 528 g/mol. The number of sulfone groups is 1. The zero-order valence-corrected chi connectivity index (χ0v) is 20.7. The van der Waals surface area contributed by atoms with Crippen LogP contribution in [0.3, 0.4) is 0 Å². The van der Waals surface area contributed by atoms with Crippen molar-refractivity contribution < 1.29 is 31.2 Å². The molecule has 0 aliphatic carbocycles. The van der Waals surface area contributed by atoms with Gasteiger partial charge in [-0.2, -0.15) is 5.26 Å². The number of hydrogen-bond donors (Lipinski definition) is 0. The van der Waals surface area contributed by atoms with E-state index in [0.29, 0.717) is 0 Å². The summed E-state index contributed by atoms with van der Waals surface area (Å²) in [5, 5.41) is 7.31. The first kappa shape index (κ1) is 25.9. The lowest BCUT2D eigenvalue weighted by Crippen LogP contribution is -2.48. The van der Waals surface area contributed by atoms with Crippen LogP contribution in [0.5, 0.6) is 0 Å². The van der Waals surface area contributed by atoms with E-state index >= 15 is 8.78 Å². The third kappa shape index (κ3) is 3.84. The van der Waals surface area contributed by atoms with Crippen LogP contribution in [0.25, 0.3) is 0 Å². The van der Waals surface area contributed by atoms with E-state index in [0.717, 1.165) is 11.8 Å². The van der Waals surface area contributed by atoms with Gasteiger partial charge in [0.25, 0.3) is 5.91 Å². The number of anilines is 1. The molecule has 3 aromatic rings. The molecule has 1 unspecified atom stereocenters. The highest BCUT2D eigenvalue weighted by atomic mass is 32.2. The summed E-state index contributed by atoms with van der Waals surface area (Å²) in [5.41, 5.74) is -4.65. The van der Waals surface area contributed by atoms with Crippen molar-refractivity contribution in [2.24, 2.45) is 0 Å². The van der Waals surface area contributed by atoms with Gasteiger partial charge in [-0.25, -0.2) is 31.3 Å². The van der Waals surface area contributed by atoms with Crippen molar-refractivity contribution in [2.75, 3.05) is 4.90 Å². The number of hydrogen-bond acceptors (Lipinski definition) is 5. The van der Waals surface area contributed by atoms with Gasteiger partial charge >= 0.3 is 6.03 Å². The SMILES string of the molecule is Cc1c(F)c(N2C(=O)N(C(c3ccccc3)S(=O)(=O)c3ccccc3)C(C)(C)C2=O)c(F)c(F)c1C#N. The highest BCUT2D eigenvalue weighted by molar-refractivity contribution is 7.91. The Morgan fingerprint density at radius 2 is 1.43 bits per heavy atom. The molecule has 4 rings (SSSR count). The first-order valence-electron chi connectivity index (χ1n) is 11.0. The first-order chi connectivity index (χ1) is 17.4. The molecule has 3 aromatic carbocycles. The molecule has 0 N–H and O–H groups in total. The number of benzene rings is 3. The van der Waals surface area contributed by atoms with Crippen LogP contribution in [-0.2, 0) is 14.6 Å². The second kappa shape index (κ2) is 9.05. The van der Waals surface area contributed by atoms with Crippen molar-refractivity contribution in [2.45, 2.75) is 36.6 Å². The summed E-state index contributed by atoms with van der Waals surface area (Å²) < 4.78 is 72.6. The maximum atomic E-state index is 15.2. The molecule has 0 bridgehead atoms. The minimum Gasteiger partial charge on any atom is -0.288 e. The Kier molecular flexibility index (Phi) is 6.33. The van der Waals surface area contributed by atoms with Crippen LogP contribution in [-0.4, -0.2) is 30.8 Å². The van der Waals surface area contributed by atoms with Gasteiger partial charge in [-0.3, -0.25) is 9.69 Å². The summed E-state index contributed by atoms with van der Waals surface area (Å²) in [5.74, 6) is -6.31. The standard InChI is InChI=1S/C26H20F3N3O4S/c1-15-18(14-30)20(28)21(29)22(19(15)27)31-24(33)26(2,3)32(25(31)34)23(16-10-6-4-7-11-16)37(35,36)17-12-8-5-9-13-17/h4-13,23H,1-3H3. The topological polar surface area (TPSA) is 98.6 Å².